The lowest BCUT2D eigenvalue weighted by Gasteiger charge is -2.35. The van der Waals surface area contributed by atoms with Crippen LogP contribution in [0.25, 0.3) is 0 Å². The summed E-state index contributed by atoms with van der Waals surface area (Å²) in [6.07, 6.45) is 5.13. The Morgan fingerprint density at radius 2 is 2.03 bits per heavy atom. The number of carbonyl (C=O) groups is 1. The molecule has 7 nitrogen and oxygen atoms in total. The number of carbonyl (C=O) groups excluding carboxylic acids is 1. The summed E-state index contributed by atoms with van der Waals surface area (Å²) in [6.45, 7) is 4.27. The van der Waals surface area contributed by atoms with Crippen molar-refractivity contribution in [1.29, 1.82) is 0 Å². The van der Waals surface area contributed by atoms with E-state index in [1.54, 1.807) is 23.6 Å². The summed E-state index contributed by atoms with van der Waals surface area (Å²) >= 11 is 1.58. The molecule has 2 aliphatic heterocycles. The predicted molar refractivity (Wildman–Crippen MR) is 116 cm³/mol. The highest BCUT2D eigenvalue weighted by molar-refractivity contribution is 7.09. The van der Waals surface area contributed by atoms with Gasteiger partial charge in [-0.2, -0.15) is 0 Å². The van der Waals surface area contributed by atoms with Crippen LogP contribution in [0.2, 0.25) is 0 Å². The zero-order valence-electron chi connectivity index (χ0n) is 17.1. The Morgan fingerprint density at radius 1 is 1.19 bits per heavy atom. The molecule has 0 N–H and O–H groups in total. The first-order chi connectivity index (χ1) is 15.2. The lowest BCUT2D eigenvalue weighted by Crippen LogP contribution is -2.46. The van der Waals surface area contributed by atoms with E-state index in [0.29, 0.717) is 30.4 Å². The number of halogens is 1. The second-order valence-corrected chi connectivity index (χ2v) is 8.79. The largest absolute Gasteiger partial charge is 0.447 e. The number of aromatic nitrogens is 2. The zero-order valence-corrected chi connectivity index (χ0v) is 17.9. The number of piperazine rings is 1. The highest BCUT2D eigenvalue weighted by Crippen LogP contribution is 2.34. The fourth-order valence-electron chi connectivity index (χ4n) is 4.34. The van der Waals surface area contributed by atoms with Gasteiger partial charge in [-0.25, -0.2) is 14.4 Å². The monoisotopic (exact) mass is 441 g/mol. The first-order valence-corrected chi connectivity index (χ1v) is 11.4. The van der Waals surface area contributed by atoms with Gasteiger partial charge in [-0.05, 0) is 25.0 Å². The molecule has 1 atom stereocenters. The van der Waals surface area contributed by atoms with Gasteiger partial charge in [-0.1, -0.05) is 12.1 Å². The second kappa shape index (κ2) is 8.76. The summed E-state index contributed by atoms with van der Waals surface area (Å²) in [5.74, 6) is 0.245. The Hall–Kier alpha value is -2.78. The molecule has 1 amide bonds. The number of benzene rings is 1. The third kappa shape index (κ3) is 4.20. The number of anilines is 1. The number of oxazole rings is 1. The van der Waals surface area contributed by atoms with E-state index >= 15 is 0 Å². The Morgan fingerprint density at radius 3 is 2.81 bits per heavy atom. The van der Waals surface area contributed by atoms with E-state index in [0.717, 1.165) is 44.0 Å². The van der Waals surface area contributed by atoms with Gasteiger partial charge in [-0.15, -0.1) is 11.3 Å². The lowest BCUT2D eigenvalue weighted by atomic mass is 10.2. The first-order valence-electron chi connectivity index (χ1n) is 10.6. The number of nitrogens with zero attached hydrogens (tertiary/aromatic N) is 5. The molecule has 2 saturated heterocycles. The van der Waals surface area contributed by atoms with Crippen LogP contribution in [0.3, 0.4) is 0 Å². The van der Waals surface area contributed by atoms with Gasteiger partial charge in [0.05, 0.1) is 18.3 Å². The van der Waals surface area contributed by atoms with Crippen molar-refractivity contribution in [2.75, 3.05) is 37.6 Å². The Labute approximate surface area is 184 Å². The molecule has 0 bridgehead atoms. The maximum Gasteiger partial charge on any atom is 0.276 e. The molecule has 0 spiro atoms. The van der Waals surface area contributed by atoms with E-state index in [2.05, 4.69) is 19.8 Å². The molecule has 0 saturated carbocycles. The lowest BCUT2D eigenvalue weighted by molar-refractivity contribution is 0.0729. The highest BCUT2D eigenvalue weighted by Gasteiger charge is 2.33. The van der Waals surface area contributed by atoms with E-state index in [4.69, 9.17) is 4.42 Å². The summed E-state index contributed by atoms with van der Waals surface area (Å²) in [6, 6.07) is 6.90. The van der Waals surface area contributed by atoms with Crippen LogP contribution in [0.1, 0.15) is 40.3 Å². The van der Waals surface area contributed by atoms with Crippen LogP contribution in [-0.2, 0) is 6.54 Å². The van der Waals surface area contributed by atoms with Crippen molar-refractivity contribution in [3.63, 3.8) is 0 Å². The second-order valence-electron chi connectivity index (χ2n) is 7.87. The maximum atomic E-state index is 14.0. The molecule has 162 valence electrons. The molecule has 3 aromatic rings. The summed E-state index contributed by atoms with van der Waals surface area (Å²) in [7, 11) is 0. The smallest absolute Gasteiger partial charge is 0.276 e. The van der Waals surface area contributed by atoms with Crippen molar-refractivity contribution in [2.24, 2.45) is 0 Å². The predicted octanol–water partition coefficient (Wildman–Crippen LogP) is 3.57. The van der Waals surface area contributed by atoms with Crippen molar-refractivity contribution in [2.45, 2.75) is 25.4 Å². The van der Waals surface area contributed by atoms with Crippen LogP contribution in [0, 0.1) is 5.82 Å². The minimum absolute atomic E-state index is 0.0270. The molecule has 5 rings (SSSR count). The summed E-state index contributed by atoms with van der Waals surface area (Å²) < 4.78 is 19.6. The molecule has 2 aliphatic rings. The van der Waals surface area contributed by atoms with Crippen molar-refractivity contribution in [3.8, 4) is 0 Å². The van der Waals surface area contributed by atoms with E-state index in [1.807, 2.05) is 22.4 Å². The molecule has 0 aliphatic carbocycles. The third-order valence-corrected chi connectivity index (χ3v) is 6.82. The zero-order chi connectivity index (χ0) is 21.2. The van der Waals surface area contributed by atoms with Crippen molar-refractivity contribution in [3.05, 3.63) is 64.5 Å². The van der Waals surface area contributed by atoms with Crippen LogP contribution in [0.15, 0.2) is 46.5 Å². The van der Waals surface area contributed by atoms with E-state index in [-0.39, 0.29) is 17.8 Å². The number of hydrogen-bond acceptors (Lipinski definition) is 7. The highest BCUT2D eigenvalue weighted by atomic mass is 32.1. The van der Waals surface area contributed by atoms with E-state index in [1.165, 1.54) is 12.3 Å². The molecule has 9 heteroatoms. The fraction of sp³-hybridized carbons (Fsp3) is 0.409. The SMILES string of the molecule is O=C(c1coc(CN2CCN(c3ccccc3F)CC2)n1)N1CCC[C@H]1c1nccs1. The normalized spacial score (nSPS) is 19.8. The molecule has 4 heterocycles. The molecule has 1 aromatic carbocycles. The molecule has 31 heavy (non-hydrogen) atoms. The Balaban J connectivity index is 1.19. The number of para-hydroxylation sites is 1. The molecule has 2 aromatic heterocycles. The maximum absolute atomic E-state index is 14.0. The van der Waals surface area contributed by atoms with Crippen LogP contribution in [-0.4, -0.2) is 58.4 Å². The molecule has 0 radical (unpaired) electrons. The van der Waals surface area contributed by atoms with Crippen molar-refractivity contribution >= 4 is 22.9 Å². The number of rotatable bonds is 5. The standard InChI is InChI=1S/C22H24FN5O2S/c23-16-4-1-2-5-18(16)27-11-9-26(10-12-27)14-20-25-17(15-30-20)22(29)28-8-3-6-19(28)21-24-7-13-31-21/h1-2,4-5,7,13,15,19H,3,6,8-12,14H2/t19-/m0/s1. The van der Waals surface area contributed by atoms with Gasteiger partial charge in [-0.3, -0.25) is 9.69 Å². The van der Waals surface area contributed by atoms with Crippen LogP contribution < -0.4 is 4.90 Å². The van der Waals surface area contributed by atoms with E-state index in [9.17, 15) is 9.18 Å². The van der Waals surface area contributed by atoms with Crippen molar-refractivity contribution < 1.29 is 13.6 Å². The van der Waals surface area contributed by atoms with Gasteiger partial charge in [0.2, 0.25) is 5.89 Å². The van der Waals surface area contributed by atoms with Gasteiger partial charge in [0, 0.05) is 44.3 Å². The van der Waals surface area contributed by atoms with Gasteiger partial charge in [0.15, 0.2) is 5.69 Å². The first kappa shape index (κ1) is 20.1. The summed E-state index contributed by atoms with van der Waals surface area (Å²) in [4.78, 5) is 28.0. The van der Waals surface area contributed by atoms with Gasteiger partial charge in [0.1, 0.15) is 17.1 Å². The average Bonchev–Trinajstić information content (AvgIpc) is 3.55. The summed E-state index contributed by atoms with van der Waals surface area (Å²) in [5.41, 5.74) is 0.995. The Bertz CT molecular complexity index is 1030. The van der Waals surface area contributed by atoms with Crippen LogP contribution in [0.4, 0.5) is 10.1 Å². The van der Waals surface area contributed by atoms with Crippen molar-refractivity contribution in [1.82, 2.24) is 19.8 Å². The molecular formula is C22H24FN5O2S. The molecular weight excluding hydrogens is 417 g/mol. The number of hydrogen-bond donors (Lipinski definition) is 0. The number of thiazole rings is 1. The molecule has 0 unspecified atom stereocenters. The minimum atomic E-state index is -0.190. The number of amides is 1. The van der Waals surface area contributed by atoms with Gasteiger partial charge >= 0.3 is 0 Å². The topological polar surface area (TPSA) is 65.7 Å². The van der Waals surface area contributed by atoms with Gasteiger partial charge < -0.3 is 14.2 Å². The van der Waals surface area contributed by atoms with Crippen LogP contribution >= 0.6 is 11.3 Å². The fourth-order valence-corrected chi connectivity index (χ4v) is 5.13. The number of likely N-dealkylation sites (tertiary alicyclic amines) is 1. The minimum Gasteiger partial charge on any atom is -0.447 e. The summed E-state index contributed by atoms with van der Waals surface area (Å²) in [5, 5.41) is 2.92. The van der Waals surface area contributed by atoms with Crippen LogP contribution in [0.5, 0.6) is 0 Å². The van der Waals surface area contributed by atoms with Gasteiger partial charge in [0.25, 0.3) is 5.91 Å². The quantitative estimate of drug-likeness (QED) is 0.603. The van der Waals surface area contributed by atoms with E-state index < -0.39 is 0 Å². The Kier molecular flexibility index (Phi) is 5.69. The third-order valence-electron chi connectivity index (χ3n) is 5.95. The average molecular weight is 442 g/mol. The molecule has 2 fully saturated rings.